The highest BCUT2D eigenvalue weighted by Crippen LogP contribution is 2.28. The van der Waals surface area contributed by atoms with Crippen LogP contribution in [-0.2, 0) is 24.3 Å². The maximum Gasteiger partial charge on any atom is 0.244 e. The maximum absolute atomic E-state index is 12.5. The van der Waals surface area contributed by atoms with E-state index in [1.165, 1.54) is 11.6 Å². The highest BCUT2D eigenvalue weighted by molar-refractivity contribution is 5.91. The van der Waals surface area contributed by atoms with Crippen molar-refractivity contribution in [2.45, 2.75) is 26.4 Å². The molecule has 0 spiro atoms. The number of carbonyl (C=O) groups is 1. The number of nitrogens with zero attached hydrogens (tertiary/aromatic N) is 2. The van der Waals surface area contributed by atoms with Crippen LogP contribution in [0, 0.1) is 0 Å². The third kappa shape index (κ3) is 5.64. The summed E-state index contributed by atoms with van der Waals surface area (Å²) >= 11 is 0. The molecule has 6 heteroatoms. The standard InChI is InChI=1S/C28H29N3O3/c1-3-34-25-15-13-22(19-26(25)33-2)14-16-28(32)29-20-27-30-23-11-7-8-12-24(23)31(27)18-17-21-9-5-4-6-10-21/h4-16,19H,3,17-18,20H2,1-2H3,(H,29,32)/b16-14+. The van der Waals surface area contributed by atoms with Crippen molar-refractivity contribution in [2.24, 2.45) is 0 Å². The SMILES string of the molecule is CCOc1ccc(/C=C/C(=O)NCc2nc3ccccc3n2CCc2ccccc2)cc1OC. The second kappa shape index (κ2) is 11.2. The number of benzene rings is 3. The second-order valence-corrected chi connectivity index (χ2v) is 7.80. The van der Waals surface area contributed by atoms with Crippen LogP contribution in [0.3, 0.4) is 0 Å². The zero-order valence-corrected chi connectivity index (χ0v) is 19.5. The number of amides is 1. The van der Waals surface area contributed by atoms with Crippen molar-refractivity contribution >= 4 is 23.0 Å². The minimum atomic E-state index is -0.186. The van der Waals surface area contributed by atoms with Crippen molar-refractivity contribution in [2.75, 3.05) is 13.7 Å². The Labute approximate surface area is 199 Å². The van der Waals surface area contributed by atoms with Gasteiger partial charge in [0.1, 0.15) is 5.82 Å². The molecular formula is C28H29N3O3. The number of fused-ring (bicyclic) bond motifs is 1. The Morgan fingerprint density at radius 1 is 1.03 bits per heavy atom. The first-order chi connectivity index (χ1) is 16.7. The van der Waals surface area contributed by atoms with Gasteiger partial charge in [0.2, 0.25) is 5.91 Å². The summed E-state index contributed by atoms with van der Waals surface area (Å²) in [6, 6.07) is 24.0. The van der Waals surface area contributed by atoms with Crippen molar-refractivity contribution in [3.63, 3.8) is 0 Å². The van der Waals surface area contributed by atoms with Gasteiger partial charge in [-0.2, -0.15) is 0 Å². The van der Waals surface area contributed by atoms with E-state index in [1.807, 2.05) is 49.4 Å². The highest BCUT2D eigenvalue weighted by Gasteiger charge is 2.11. The molecule has 0 saturated carbocycles. The molecule has 1 aromatic heterocycles. The fraction of sp³-hybridized carbons (Fsp3) is 0.214. The number of imidazole rings is 1. The van der Waals surface area contributed by atoms with Gasteiger partial charge >= 0.3 is 0 Å². The molecule has 1 heterocycles. The third-order valence-corrected chi connectivity index (χ3v) is 5.54. The molecular weight excluding hydrogens is 426 g/mol. The van der Waals surface area contributed by atoms with Gasteiger partial charge in [-0.3, -0.25) is 4.79 Å². The minimum absolute atomic E-state index is 0.186. The van der Waals surface area contributed by atoms with E-state index in [1.54, 1.807) is 13.2 Å². The van der Waals surface area contributed by atoms with Crippen LogP contribution < -0.4 is 14.8 Å². The van der Waals surface area contributed by atoms with Gasteiger partial charge in [-0.25, -0.2) is 4.98 Å². The molecule has 0 radical (unpaired) electrons. The Morgan fingerprint density at radius 2 is 1.82 bits per heavy atom. The monoisotopic (exact) mass is 455 g/mol. The van der Waals surface area contributed by atoms with Crippen molar-refractivity contribution in [3.8, 4) is 11.5 Å². The fourth-order valence-corrected chi connectivity index (χ4v) is 3.86. The number of methoxy groups -OCH3 is 1. The molecule has 0 aliphatic heterocycles. The fourth-order valence-electron chi connectivity index (χ4n) is 3.86. The van der Waals surface area contributed by atoms with Crippen molar-refractivity contribution in [1.82, 2.24) is 14.9 Å². The number of hydrogen-bond acceptors (Lipinski definition) is 4. The van der Waals surface area contributed by atoms with E-state index in [-0.39, 0.29) is 5.91 Å². The van der Waals surface area contributed by atoms with Crippen molar-refractivity contribution < 1.29 is 14.3 Å². The topological polar surface area (TPSA) is 65.4 Å². The largest absolute Gasteiger partial charge is 0.493 e. The Balaban J connectivity index is 1.44. The van der Waals surface area contributed by atoms with E-state index in [0.717, 1.165) is 35.4 Å². The summed E-state index contributed by atoms with van der Waals surface area (Å²) in [7, 11) is 1.60. The van der Waals surface area contributed by atoms with Gasteiger partial charge in [-0.05, 0) is 54.8 Å². The number of aromatic nitrogens is 2. The molecule has 0 unspecified atom stereocenters. The Hall–Kier alpha value is -4.06. The highest BCUT2D eigenvalue weighted by atomic mass is 16.5. The smallest absolute Gasteiger partial charge is 0.244 e. The molecule has 0 aliphatic rings. The molecule has 4 aromatic rings. The molecule has 0 saturated heterocycles. The van der Waals surface area contributed by atoms with E-state index in [2.05, 4.69) is 40.2 Å². The van der Waals surface area contributed by atoms with Crippen LogP contribution in [0.2, 0.25) is 0 Å². The predicted octanol–water partition coefficient (Wildman–Crippen LogP) is 5.02. The lowest BCUT2D eigenvalue weighted by atomic mass is 10.1. The Kier molecular flexibility index (Phi) is 7.60. The van der Waals surface area contributed by atoms with Gasteiger partial charge in [0.15, 0.2) is 11.5 Å². The number of ether oxygens (including phenoxy) is 2. The van der Waals surface area contributed by atoms with Gasteiger partial charge in [0.25, 0.3) is 0 Å². The molecule has 0 aliphatic carbocycles. The van der Waals surface area contributed by atoms with Gasteiger partial charge in [0, 0.05) is 12.6 Å². The summed E-state index contributed by atoms with van der Waals surface area (Å²) in [5.74, 6) is 1.97. The summed E-state index contributed by atoms with van der Waals surface area (Å²) in [6.07, 6.45) is 4.17. The van der Waals surface area contributed by atoms with E-state index >= 15 is 0 Å². The van der Waals surface area contributed by atoms with Gasteiger partial charge in [0.05, 0.1) is 31.3 Å². The number of nitrogens with one attached hydrogen (secondary N) is 1. The maximum atomic E-state index is 12.5. The van der Waals surface area contributed by atoms with Crippen LogP contribution in [0.1, 0.15) is 23.9 Å². The van der Waals surface area contributed by atoms with Gasteiger partial charge < -0.3 is 19.4 Å². The number of hydrogen-bond donors (Lipinski definition) is 1. The van der Waals surface area contributed by atoms with Crippen molar-refractivity contribution in [1.29, 1.82) is 0 Å². The number of rotatable bonds is 10. The van der Waals surface area contributed by atoms with E-state index in [4.69, 9.17) is 14.5 Å². The number of aryl methyl sites for hydroxylation is 2. The molecule has 3 aromatic carbocycles. The summed E-state index contributed by atoms with van der Waals surface area (Å²) < 4.78 is 13.1. The molecule has 4 rings (SSSR count). The van der Waals surface area contributed by atoms with E-state index < -0.39 is 0 Å². The van der Waals surface area contributed by atoms with E-state index in [9.17, 15) is 4.79 Å². The first-order valence-corrected chi connectivity index (χ1v) is 11.4. The molecule has 174 valence electrons. The second-order valence-electron chi connectivity index (χ2n) is 7.80. The summed E-state index contributed by atoms with van der Waals surface area (Å²) in [4.78, 5) is 17.3. The molecule has 0 bridgehead atoms. The Bertz CT molecular complexity index is 1280. The molecule has 6 nitrogen and oxygen atoms in total. The van der Waals surface area contributed by atoms with Crippen LogP contribution in [0.25, 0.3) is 17.1 Å². The zero-order valence-electron chi connectivity index (χ0n) is 19.5. The van der Waals surface area contributed by atoms with Crippen LogP contribution in [0.5, 0.6) is 11.5 Å². The Morgan fingerprint density at radius 3 is 2.62 bits per heavy atom. The van der Waals surface area contributed by atoms with Crippen LogP contribution in [0.4, 0.5) is 0 Å². The summed E-state index contributed by atoms with van der Waals surface area (Å²) in [5.41, 5.74) is 4.12. The van der Waals surface area contributed by atoms with E-state index in [0.29, 0.717) is 24.7 Å². The van der Waals surface area contributed by atoms with Crippen LogP contribution in [-0.4, -0.2) is 29.2 Å². The first-order valence-electron chi connectivity index (χ1n) is 11.4. The third-order valence-electron chi connectivity index (χ3n) is 5.54. The lowest BCUT2D eigenvalue weighted by Crippen LogP contribution is -2.23. The van der Waals surface area contributed by atoms with Gasteiger partial charge in [-0.15, -0.1) is 0 Å². The quantitative estimate of drug-likeness (QED) is 0.341. The zero-order chi connectivity index (χ0) is 23.8. The number of para-hydroxylation sites is 2. The average molecular weight is 456 g/mol. The lowest BCUT2D eigenvalue weighted by molar-refractivity contribution is -0.116. The van der Waals surface area contributed by atoms with Gasteiger partial charge in [-0.1, -0.05) is 48.5 Å². The molecule has 0 atom stereocenters. The molecule has 34 heavy (non-hydrogen) atoms. The van der Waals surface area contributed by atoms with Crippen LogP contribution >= 0.6 is 0 Å². The first kappa shape index (κ1) is 23.1. The lowest BCUT2D eigenvalue weighted by Gasteiger charge is -2.10. The minimum Gasteiger partial charge on any atom is -0.493 e. The van der Waals surface area contributed by atoms with Crippen molar-refractivity contribution in [3.05, 3.63) is 95.8 Å². The normalized spacial score (nSPS) is 11.1. The number of carbonyl (C=O) groups excluding carboxylic acids is 1. The summed E-state index contributed by atoms with van der Waals surface area (Å²) in [5, 5.41) is 2.96. The molecule has 1 amide bonds. The average Bonchev–Trinajstić information content (AvgIpc) is 3.23. The van der Waals surface area contributed by atoms with Crippen LogP contribution in [0.15, 0.2) is 78.9 Å². The summed E-state index contributed by atoms with van der Waals surface area (Å²) in [6.45, 7) is 3.62. The molecule has 0 fully saturated rings. The molecule has 1 N–H and O–H groups in total. The predicted molar refractivity (Wildman–Crippen MR) is 135 cm³/mol.